The maximum Gasteiger partial charge on any atom is 0.251 e. The third-order valence-corrected chi connectivity index (χ3v) is 8.75. The Kier molecular flexibility index (Phi) is 7.58. The van der Waals surface area contributed by atoms with Crippen LogP contribution in [0, 0.1) is 0 Å². The van der Waals surface area contributed by atoms with Crippen LogP contribution in [0.4, 0.5) is 0 Å². The van der Waals surface area contributed by atoms with Crippen LogP contribution in [-0.2, 0) is 13.6 Å². The molecule has 204 valence electrons. The molecule has 0 radical (unpaired) electrons. The summed E-state index contributed by atoms with van der Waals surface area (Å²) in [6, 6.07) is 23.8. The van der Waals surface area contributed by atoms with Crippen molar-refractivity contribution in [2.75, 3.05) is 33.2 Å². The van der Waals surface area contributed by atoms with E-state index < -0.39 is 0 Å². The Labute approximate surface area is 231 Å². The molecule has 1 atom stereocenters. The van der Waals surface area contributed by atoms with E-state index in [0.717, 1.165) is 51.2 Å². The summed E-state index contributed by atoms with van der Waals surface area (Å²) in [7, 11) is 4.32. The molecule has 1 unspecified atom stereocenters. The molecule has 2 saturated heterocycles. The summed E-state index contributed by atoms with van der Waals surface area (Å²) in [6.07, 6.45) is 5.65. The number of piperidine rings is 1. The molecule has 0 bridgehead atoms. The number of carbonyl (C=O) groups is 1. The number of aryl methyl sites for hydroxylation is 1. The average Bonchev–Trinajstić information content (AvgIpc) is 3.50. The molecular formula is C33H40N4O2. The quantitative estimate of drug-likeness (QED) is 0.327. The molecule has 6 heteroatoms. The normalized spacial score (nSPS) is 19.2. The highest BCUT2D eigenvalue weighted by molar-refractivity contribution is 6.08. The van der Waals surface area contributed by atoms with Gasteiger partial charge in [0.1, 0.15) is 11.9 Å². The number of benzene rings is 3. The van der Waals surface area contributed by atoms with Gasteiger partial charge in [-0.05, 0) is 87.7 Å². The Morgan fingerprint density at radius 2 is 1.72 bits per heavy atom. The van der Waals surface area contributed by atoms with E-state index in [1.54, 1.807) is 0 Å². The SMILES string of the molecule is CN1CCCC1CCNC(=O)c1cccc(OC2CCN(Cc3ccc4c(c3)c3ccccc3n4C)CC2)c1. The van der Waals surface area contributed by atoms with Gasteiger partial charge in [0.05, 0.1) is 0 Å². The fourth-order valence-corrected chi connectivity index (χ4v) is 6.46. The molecule has 4 aromatic rings. The lowest BCUT2D eigenvalue weighted by Gasteiger charge is -2.32. The molecule has 2 aliphatic heterocycles. The number of para-hydroxylation sites is 1. The molecule has 0 saturated carbocycles. The molecule has 2 fully saturated rings. The molecule has 0 spiro atoms. The minimum atomic E-state index is -0.0147. The molecular weight excluding hydrogens is 484 g/mol. The molecule has 1 aromatic heterocycles. The van der Waals surface area contributed by atoms with E-state index in [0.29, 0.717) is 18.2 Å². The van der Waals surface area contributed by atoms with Crippen molar-refractivity contribution in [1.82, 2.24) is 19.7 Å². The highest BCUT2D eigenvalue weighted by atomic mass is 16.5. The first-order valence-electron chi connectivity index (χ1n) is 14.5. The monoisotopic (exact) mass is 524 g/mol. The van der Waals surface area contributed by atoms with Crippen LogP contribution in [0.5, 0.6) is 5.75 Å². The first-order chi connectivity index (χ1) is 19.0. The van der Waals surface area contributed by atoms with Gasteiger partial charge in [-0.15, -0.1) is 0 Å². The van der Waals surface area contributed by atoms with E-state index in [9.17, 15) is 4.79 Å². The highest BCUT2D eigenvalue weighted by Crippen LogP contribution is 2.29. The second-order valence-electron chi connectivity index (χ2n) is 11.4. The molecule has 3 heterocycles. The van der Waals surface area contributed by atoms with Crippen molar-refractivity contribution in [3.8, 4) is 5.75 Å². The van der Waals surface area contributed by atoms with Gasteiger partial charge in [-0.2, -0.15) is 0 Å². The molecule has 3 aromatic carbocycles. The van der Waals surface area contributed by atoms with Crippen molar-refractivity contribution < 1.29 is 9.53 Å². The standard InChI is InChI=1S/C33H40N4O2/c1-35-18-6-8-26(35)14-17-34-33(38)25-7-5-9-28(22-25)39-27-15-19-37(20-16-27)23-24-12-13-32-30(21-24)29-10-3-4-11-31(29)36(32)2/h3-5,7,9-13,21-22,26-27H,6,8,14-20,23H2,1-2H3,(H,34,38). The second kappa shape index (κ2) is 11.4. The van der Waals surface area contributed by atoms with Crippen LogP contribution >= 0.6 is 0 Å². The smallest absolute Gasteiger partial charge is 0.251 e. The number of carbonyl (C=O) groups excluding carboxylic acids is 1. The van der Waals surface area contributed by atoms with Gasteiger partial charge < -0.3 is 19.5 Å². The van der Waals surface area contributed by atoms with Crippen LogP contribution in [0.1, 0.15) is 48.0 Å². The molecule has 1 N–H and O–H groups in total. The fourth-order valence-electron chi connectivity index (χ4n) is 6.46. The minimum absolute atomic E-state index is 0.0147. The molecule has 6 nitrogen and oxygen atoms in total. The Morgan fingerprint density at radius 1 is 0.897 bits per heavy atom. The topological polar surface area (TPSA) is 49.7 Å². The summed E-state index contributed by atoms with van der Waals surface area (Å²) in [6.45, 7) is 4.85. The molecule has 2 aliphatic rings. The van der Waals surface area contributed by atoms with E-state index in [4.69, 9.17) is 4.74 Å². The first-order valence-corrected chi connectivity index (χ1v) is 14.5. The highest BCUT2D eigenvalue weighted by Gasteiger charge is 2.22. The second-order valence-corrected chi connectivity index (χ2v) is 11.4. The number of rotatable bonds is 8. The Bertz CT molecular complexity index is 1450. The van der Waals surface area contributed by atoms with Crippen molar-refractivity contribution in [2.45, 2.75) is 50.8 Å². The number of fused-ring (bicyclic) bond motifs is 3. The number of aromatic nitrogens is 1. The number of nitrogens with one attached hydrogen (secondary N) is 1. The largest absolute Gasteiger partial charge is 0.490 e. The van der Waals surface area contributed by atoms with Crippen LogP contribution in [0.25, 0.3) is 21.8 Å². The summed E-state index contributed by atoms with van der Waals surface area (Å²) in [5.74, 6) is 0.775. The number of hydrogen-bond donors (Lipinski definition) is 1. The van der Waals surface area contributed by atoms with E-state index in [1.807, 2.05) is 24.3 Å². The summed E-state index contributed by atoms with van der Waals surface area (Å²) in [5, 5.41) is 5.75. The number of likely N-dealkylation sites (tertiary alicyclic amines) is 2. The number of amides is 1. The zero-order chi connectivity index (χ0) is 26.8. The lowest BCUT2D eigenvalue weighted by atomic mass is 10.0. The van der Waals surface area contributed by atoms with E-state index in [-0.39, 0.29) is 12.0 Å². The van der Waals surface area contributed by atoms with Gasteiger partial charge in [-0.3, -0.25) is 9.69 Å². The summed E-state index contributed by atoms with van der Waals surface area (Å²) in [5.41, 5.74) is 4.59. The first kappa shape index (κ1) is 25.9. The van der Waals surface area contributed by atoms with Crippen molar-refractivity contribution in [2.24, 2.45) is 7.05 Å². The third kappa shape index (κ3) is 5.68. The average molecular weight is 525 g/mol. The molecule has 39 heavy (non-hydrogen) atoms. The van der Waals surface area contributed by atoms with Crippen molar-refractivity contribution >= 4 is 27.7 Å². The Balaban J connectivity index is 1.01. The van der Waals surface area contributed by atoms with Crippen molar-refractivity contribution in [3.63, 3.8) is 0 Å². The molecule has 6 rings (SSSR count). The van der Waals surface area contributed by atoms with E-state index in [1.165, 1.54) is 40.2 Å². The number of nitrogens with zero attached hydrogens (tertiary/aromatic N) is 3. The van der Waals surface area contributed by atoms with Crippen LogP contribution < -0.4 is 10.1 Å². The van der Waals surface area contributed by atoms with Gasteiger partial charge in [0, 0.05) is 66.6 Å². The Hall–Kier alpha value is -3.35. The Morgan fingerprint density at radius 3 is 2.54 bits per heavy atom. The van der Waals surface area contributed by atoms with Crippen LogP contribution in [0.3, 0.4) is 0 Å². The summed E-state index contributed by atoms with van der Waals surface area (Å²) in [4.78, 5) is 17.7. The van der Waals surface area contributed by atoms with Crippen molar-refractivity contribution in [3.05, 3.63) is 77.9 Å². The van der Waals surface area contributed by atoms with Gasteiger partial charge in [-0.25, -0.2) is 0 Å². The van der Waals surface area contributed by atoms with Crippen LogP contribution in [0.2, 0.25) is 0 Å². The predicted molar refractivity (Wildman–Crippen MR) is 158 cm³/mol. The van der Waals surface area contributed by atoms with Gasteiger partial charge >= 0.3 is 0 Å². The zero-order valence-electron chi connectivity index (χ0n) is 23.2. The molecule has 0 aliphatic carbocycles. The third-order valence-electron chi connectivity index (χ3n) is 8.75. The van der Waals surface area contributed by atoms with Crippen molar-refractivity contribution in [1.29, 1.82) is 0 Å². The fraction of sp³-hybridized carbons (Fsp3) is 0.424. The van der Waals surface area contributed by atoms with Gasteiger partial charge in [0.25, 0.3) is 5.91 Å². The predicted octanol–water partition coefficient (Wildman–Crippen LogP) is 5.59. The van der Waals surface area contributed by atoms with Crippen LogP contribution in [0.15, 0.2) is 66.7 Å². The molecule has 1 amide bonds. The van der Waals surface area contributed by atoms with E-state index in [2.05, 4.69) is 76.2 Å². The maximum absolute atomic E-state index is 12.7. The number of hydrogen-bond acceptors (Lipinski definition) is 4. The summed E-state index contributed by atoms with van der Waals surface area (Å²) >= 11 is 0. The lowest BCUT2D eigenvalue weighted by Crippen LogP contribution is -2.37. The van der Waals surface area contributed by atoms with Gasteiger partial charge in [0.2, 0.25) is 0 Å². The summed E-state index contributed by atoms with van der Waals surface area (Å²) < 4.78 is 8.62. The zero-order valence-corrected chi connectivity index (χ0v) is 23.2. The van der Waals surface area contributed by atoms with Gasteiger partial charge in [-0.1, -0.05) is 30.3 Å². The maximum atomic E-state index is 12.7. The van der Waals surface area contributed by atoms with Crippen LogP contribution in [-0.4, -0.2) is 65.6 Å². The minimum Gasteiger partial charge on any atom is -0.490 e. The lowest BCUT2D eigenvalue weighted by molar-refractivity contribution is 0.0934. The van der Waals surface area contributed by atoms with E-state index >= 15 is 0 Å². The number of ether oxygens (including phenoxy) is 1. The van der Waals surface area contributed by atoms with Gasteiger partial charge in [0.15, 0.2) is 0 Å².